The Hall–Kier alpha value is -2.66. The molecule has 0 aliphatic carbocycles. The van der Waals surface area contributed by atoms with E-state index in [4.69, 9.17) is 4.74 Å². The van der Waals surface area contributed by atoms with Gasteiger partial charge in [0.25, 0.3) is 0 Å². The molecule has 1 aliphatic heterocycles. The van der Waals surface area contributed by atoms with Crippen molar-refractivity contribution < 1.29 is 14.3 Å². The molecule has 0 radical (unpaired) electrons. The lowest BCUT2D eigenvalue weighted by molar-refractivity contribution is -0.155. The fourth-order valence-corrected chi connectivity index (χ4v) is 3.23. The van der Waals surface area contributed by atoms with Gasteiger partial charge >= 0.3 is 5.97 Å². The third-order valence-corrected chi connectivity index (χ3v) is 4.35. The summed E-state index contributed by atoms with van der Waals surface area (Å²) in [5, 5.41) is 2.76. The lowest BCUT2D eigenvalue weighted by Gasteiger charge is -2.19. The van der Waals surface area contributed by atoms with Crippen LogP contribution in [0.4, 0.5) is 5.69 Å². The van der Waals surface area contributed by atoms with Crippen LogP contribution in [-0.4, -0.2) is 28.4 Å². The second-order valence-electron chi connectivity index (χ2n) is 7.88. The van der Waals surface area contributed by atoms with Gasteiger partial charge < -0.3 is 10.1 Å². The van der Waals surface area contributed by atoms with Gasteiger partial charge in [0, 0.05) is 19.2 Å². The predicted molar refractivity (Wildman–Crippen MR) is 105 cm³/mol. The van der Waals surface area contributed by atoms with Crippen LogP contribution in [0.3, 0.4) is 0 Å². The predicted octanol–water partition coefficient (Wildman–Crippen LogP) is 3.91. The first kappa shape index (κ1) is 19.1. The van der Waals surface area contributed by atoms with E-state index in [1.165, 1.54) is 6.92 Å². The van der Waals surface area contributed by atoms with Gasteiger partial charge in [-0.3, -0.25) is 14.5 Å². The van der Waals surface area contributed by atoms with Gasteiger partial charge in [-0.05, 0) is 44.0 Å². The standard InChI is InChI=1S/C22H26N2O3/c1-15(25)23-18-12-10-17(11-13-18)19-20(21(26)27-22(2,3)4)24(19)14-16-8-6-5-7-9-16/h5-13,19-20H,14H2,1-4H3,(H,23,25)/t19?,20-,24?/m1/s1. The number of rotatable bonds is 5. The van der Waals surface area contributed by atoms with Gasteiger partial charge in [-0.1, -0.05) is 42.5 Å². The second kappa shape index (κ2) is 7.53. The molecular formula is C22H26N2O3. The van der Waals surface area contributed by atoms with Crippen molar-refractivity contribution in [1.29, 1.82) is 0 Å². The molecule has 1 fully saturated rings. The molecule has 0 aromatic heterocycles. The number of nitrogens with one attached hydrogen (secondary N) is 1. The number of nitrogens with zero attached hydrogens (tertiary/aromatic N) is 1. The summed E-state index contributed by atoms with van der Waals surface area (Å²) >= 11 is 0. The van der Waals surface area contributed by atoms with Crippen LogP contribution in [0.1, 0.15) is 44.9 Å². The lowest BCUT2D eigenvalue weighted by atomic mass is 10.1. The molecule has 1 heterocycles. The third kappa shape index (κ3) is 4.95. The molecule has 5 nitrogen and oxygen atoms in total. The number of hydrogen-bond donors (Lipinski definition) is 1. The van der Waals surface area contributed by atoms with E-state index in [9.17, 15) is 9.59 Å². The Kier molecular flexibility index (Phi) is 5.33. The monoisotopic (exact) mass is 366 g/mol. The van der Waals surface area contributed by atoms with Crippen LogP contribution >= 0.6 is 0 Å². The van der Waals surface area contributed by atoms with Gasteiger partial charge in [-0.15, -0.1) is 0 Å². The van der Waals surface area contributed by atoms with Gasteiger partial charge in [-0.2, -0.15) is 0 Å². The molecule has 5 heteroatoms. The van der Waals surface area contributed by atoms with Crippen LogP contribution in [0.15, 0.2) is 54.6 Å². The minimum Gasteiger partial charge on any atom is -0.459 e. The van der Waals surface area contributed by atoms with Gasteiger partial charge in [0.05, 0.1) is 6.04 Å². The van der Waals surface area contributed by atoms with Crippen LogP contribution in [0.5, 0.6) is 0 Å². The van der Waals surface area contributed by atoms with Crippen molar-refractivity contribution >= 4 is 17.6 Å². The van der Waals surface area contributed by atoms with Crippen molar-refractivity contribution in [2.45, 2.75) is 51.9 Å². The summed E-state index contributed by atoms with van der Waals surface area (Å²) in [5.41, 5.74) is 2.42. The summed E-state index contributed by atoms with van der Waals surface area (Å²) < 4.78 is 5.62. The van der Waals surface area contributed by atoms with Gasteiger partial charge in [0.2, 0.25) is 5.91 Å². The number of ether oxygens (including phenoxy) is 1. The molecule has 2 aromatic carbocycles. The first-order valence-electron chi connectivity index (χ1n) is 9.15. The van der Waals surface area contributed by atoms with Crippen molar-refractivity contribution in [1.82, 2.24) is 4.90 Å². The molecular weight excluding hydrogens is 340 g/mol. The van der Waals surface area contributed by atoms with Gasteiger partial charge in [0.1, 0.15) is 11.6 Å². The second-order valence-corrected chi connectivity index (χ2v) is 7.88. The Balaban J connectivity index is 1.79. The average Bonchev–Trinajstić information content (AvgIpc) is 3.28. The van der Waals surface area contributed by atoms with E-state index in [0.29, 0.717) is 6.54 Å². The molecule has 0 saturated carbocycles. The topological polar surface area (TPSA) is 58.4 Å². The van der Waals surface area contributed by atoms with Gasteiger partial charge in [-0.25, -0.2) is 0 Å². The molecule has 2 unspecified atom stereocenters. The number of carbonyl (C=O) groups excluding carboxylic acids is 2. The maximum atomic E-state index is 12.7. The van der Waals surface area contributed by atoms with E-state index in [1.54, 1.807) is 0 Å². The Labute approximate surface area is 160 Å². The number of carbonyl (C=O) groups is 2. The number of esters is 1. The molecule has 1 aliphatic rings. The molecule has 2 aromatic rings. The average molecular weight is 366 g/mol. The molecule has 1 saturated heterocycles. The lowest BCUT2D eigenvalue weighted by Crippen LogP contribution is -2.28. The minimum atomic E-state index is -0.516. The Bertz CT molecular complexity index is 810. The van der Waals surface area contributed by atoms with E-state index < -0.39 is 5.60 Å². The highest BCUT2D eigenvalue weighted by molar-refractivity contribution is 5.88. The Morgan fingerprint density at radius 2 is 1.67 bits per heavy atom. The van der Waals surface area contributed by atoms with E-state index in [2.05, 4.69) is 22.3 Å². The fraction of sp³-hybridized carbons (Fsp3) is 0.364. The SMILES string of the molecule is CC(=O)Nc1ccc(C2[C@H](C(=O)OC(C)(C)C)N2Cc2ccccc2)cc1. The minimum absolute atomic E-state index is 0.0218. The summed E-state index contributed by atoms with van der Waals surface area (Å²) in [4.78, 5) is 26.0. The highest BCUT2D eigenvalue weighted by atomic mass is 16.6. The molecule has 0 spiro atoms. The number of anilines is 1. The summed E-state index contributed by atoms with van der Waals surface area (Å²) in [7, 11) is 0. The van der Waals surface area contributed by atoms with E-state index >= 15 is 0 Å². The van der Waals surface area contributed by atoms with Crippen molar-refractivity contribution in [3.05, 3.63) is 65.7 Å². The largest absolute Gasteiger partial charge is 0.459 e. The van der Waals surface area contributed by atoms with E-state index in [1.807, 2.05) is 63.2 Å². The van der Waals surface area contributed by atoms with Crippen LogP contribution in [-0.2, 0) is 20.9 Å². The highest BCUT2D eigenvalue weighted by Gasteiger charge is 2.54. The Morgan fingerprint density at radius 3 is 2.22 bits per heavy atom. The quantitative estimate of drug-likeness (QED) is 0.644. The van der Waals surface area contributed by atoms with Crippen LogP contribution < -0.4 is 5.32 Å². The summed E-state index contributed by atoms with van der Waals surface area (Å²) in [5.74, 6) is -0.305. The van der Waals surface area contributed by atoms with E-state index in [-0.39, 0.29) is 24.0 Å². The molecule has 1 N–H and O–H groups in total. The van der Waals surface area contributed by atoms with Crippen molar-refractivity contribution in [2.75, 3.05) is 5.32 Å². The molecule has 27 heavy (non-hydrogen) atoms. The molecule has 3 atom stereocenters. The maximum absolute atomic E-state index is 12.7. The van der Waals surface area contributed by atoms with Gasteiger partial charge in [0.15, 0.2) is 0 Å². The van der Waals surface area contributed by atoms with Crippen molar-refractivity contribution in [3.63, 3.8) is 0 Å². The molecule has 142 valence electrons. The highest BCUT2D eigenvalue weighted by Crippen LogP contribution is 2.45. The zero-order valence-corrected chi connectivity index (χ0v) is 16.2. The van der Waals surface area contributed by atoms with Crippen LogP contribution in [0.25, 0.3) is 0 Å². The van der Waals surface area contributed by atoms with Crippen LogP contribution in [0.2, 0.25) is 0 Å². The Morgan fingerprint density at radius 1 is 1.04 bits per heavy atom. The normalized spacial score (nSPS) is 21.4. The molecule has 1 amide bonds. The fourth-order valence-electron chi connectivity index (χ4n) is 3.23. The van der Waals surface area contributed by atoms with Crippen LogP contribution in [0, 0.1) is 0 Å². The maximum Gasteiger partial charge on any atom is 0.325 e. The van der Waals surface area contributed by atoms with Crippen molar-refractivity contribution in [2.24, 2.45) is 0 Å². The summed E-state index contributed by atoms with van der Waals surface area (Å²) in [6.07, 6.45) is 0. The number of amides is 1. The zero-order chi connectivity index (χ0) is 19.6. The zero-order valence-electron chi connectivity index (χ0n) is 16.2. The summed E-state index contributed by atoms with van der Waals surface area (Å²) in [6.45, 7) is 7.81. The first-order chi connectivity index (χ1) is 12.7. The summed E-state index contributed by atoms with van der Waals surface area (Å²) in [6, 6.07) is 17.4. The smallest absolute Gasteiger partial charge is 0.325 e. The number of benzene rings is 2. The van der Waals surface area contributed by atoms with E-state index in [0.717, 1.165) is 16.8 Å². The van der Waals surface area contributed by atoms with Crippen molar-refractivity contribution in [3.8, 4) is 0 Å². The number of hydrogen-bond acceptors (Lipinski definition) is 4. The first-order valence-corrected chi connectivity index (χ1v) is 9.15. The third-order valence-electron chi connectivity index (χ3n) is 4.35. The molecule has 0 bridgehead atoms. The molecule has 3 rings (SSSR count).